The number of carbonyl (C=O) groups excluding carboxylic acids is 1. The number of rotatable bonds is 5. The summed E-state index contributed by atoms with van der Waals surface area (Å²) in [6.07, 6.45) is 0.112. The molecule has 120 valence electrons. The van der Waals surface area contributed by atoms with Gasteiger partial charge in [-0.1, -0.05) is 66.7 Å². The third-order valence-corrected chi connectivity index (χ3v) is 4.04. The van der Waals surface area contributed by atoms with Crippen molar-refractivity contribution in [2.45, 2.75) is 12.3 Å². The summed E-state index contributed by atoms with van der Waals surface area (Å²) in [6, 6.07) is 21.2. The monoisotopic (exact) mass is 322 g/mol. The van der Waals surface area contributed by atoms with Gasteiger partial charge in [-0.2, -0.15) is 0 Å². The van der Waals surface area contributed by atoms with Crippen molar-refractivity contribution in [1.29, 1.82) is 0 Å². The maximum Gasteiger partial charge on any atom is 0.170 e. The van der Waals surface area contributed by atoms with Gasteiger partial charge in [-0.05, 0) is 29.7 Å². The molecule has 0 saturated heterocycles. The van der Waals surface area contributed by atoms with Crippen molar-refractivity contribution in [3.8, 4) is 0 Å². The van der Waals surface area contributed by atoms with Crippen molar-refractivity contribution in [2.75, 3.05) is 0 Å². The van der Waals surface area contributed by atoms with Gasteiger partial charge < -0.3 is 0 Å². The molecule has 3 aromatic rings. The second-order valence-electron chi connectivity index (χ2n) is 5.60. The molecule has 1 nitrogen and oxygen atoms in total. The van der Waals surface area contributed by atoms with Gasteiger partial charge in [-0.15, -0.1) is 0 Å². The molecule has 0 amide bonds. The van der Waals surface area contributed by atoms with Gasteiger partial charge in [0.15, 0.2) is 5.78 Å². The summed E-state index contributed by atoms with van der Waals surface area (Å²) in [4.78, 5) is 12.9. The van der Waals surface area contributed by atoms with Crippen LogP contribution in [0.3, 0.4) is 0 Å². The molecule has 3 heteroatoms. The zero-order chi connectivity index (χ0) is 16.9. The van der Waals surface area contributed by atoms with E-state index < -0.39 is 11.7 Å². The molecule has 0 aliphatic rings. The molecule has 0 bridgehead atoms. The van der Waals surface area contributed by atoms with Crippen LogP contribution >= 0.6 is 0 Å². The fraction of sp³-hybridized carbons (Fsp3) is 0.0952. The molecule has 0 aromatic heterocycles. The first-order valence-corrected chi connectivity index (χ1v) is 7.74. The summed E-state index contributed by atoms with van der Waals surface area (Å²) in [5, 5.41) is 0. The van der Waals surface area contributed by atoms with Crippen LogP contribution in [0.1, 0.15) is 27.4 Å². The van der Waals surface area contributed by atoms with Gasteiger partial charge in [-0.3, -0.25) is 4.79 Å². The van der Waals surface area contributed by atoms with Crippen molar-refractivity contribution in [1.82, 2.24) is 0 Å². The van der Waals surface area contributed by atoms with E-state index in [1.54, 1.807) is 60.7 Å². The Kier molecular flexibility index (Phi) is 4.80. The lowest BCUT2D eigenvalue weighted by molar-refractivity contribution is 0.0957. The second-order valence-corrected chi connectivity index (χ2v) is 5.60. The molecule has 0 saturated carbocycles. The highest BCUT2D eigenvalue weighted by molar-refractivity contribution is 6.01. The Morgan fingerprint density at radius 2 is 1.33 bits per heavy atom. The Labute approximate surface area is 139 Å². The molecule has 3 aromatic carbocycles. The highest BCUT2D eigenvalue weighted by atomic mass is 19.1. The van der Waals surface area contributed by atoms with Crippen LogP contribution in [0.4, 0.5) is 8.78 Å². The molecule has 0 spiro atoms. The zero-order valence-corrected chi connectivity index (χ0v) is 13.0. The topological polar surface area (TPSA) is 17.1 Å². The molecular formula is C21H16F2O. The number of carbonyl (C=O) groups is 1. The number of halogens is 2. The second kappa shape index (κ2) is 7.18. The molecule has 24 heavy (non-hydrogen) atoms. The average molecular weight is 322 g/mol. The third kappa shape index (κ3) is 3.40. The van der Waals surface area contributed by atoms with E-state index in [1.807, 2.05) is 6.07 Å². The van der Waals surface area contributed by atoms with E-state index in [9.17, 15) is 13.6 Å². The lowest BCUT2D eigenvalue weighted by atomic mass is 9.85. The minimum absolute atomic E-state index is 0.112. The summed E-state index contributed by atoms with van der Waals surface area (Å²) in [5.74, 6) is -1.84. The summed E-state index contributed by atoms with van der Waals surface area (Å²) in [5.41, 5.74) is 1.17. The Hall–Kier alpha value is -2.81. The lowest BCUT2D eigenvalue weighted by Crippen LogP contribution is -2.17. The van der Waals surface area contributed by atoms with Gasteiger partial charge in [0.1, 0.15) is 11.6 Å². The summed E-state index contributed by atoms with van der Waals surface area (Å²) < 4.78 is 28.3. The molecule has 0 heterocycles. The lowest BCUT2D eigenvalue weighted by Gasteiger charge is -2.18. The predicted octanol–water partition coefficient (Wildman–Crippen LogP) is 5.17. The van der Waals surface area contributed by atoms with Gasteiger partial charge in [0.2, 0.25) is 0 Å². The SMILES string of the molecule is O=C(c1ccccc1)C(Cc1ccccc1F)c1ccccc1F. The smallest absolute Gasteiger partial charge is 0.170 e. The molecule has 0 aliphatic carbocycles. The molecule has 3 rings (SSSR count). The van der Waals surface area contributed by atoms with Gasteiger partial charge >= 0.3 is 0 Å². The molecule has 0 N–H and O–H groups in total. The van der Waals surface area contributed by atoms with Gasteiger partial charge in [-0.25, -0.2) is 8.78 Å². The first kappa shape index (κ1) is 16.1. The quantitative estimate of drug-likeness (QED) is 0.592. The predicted molar refractivity (Wildman–Crippen MR) is 90.0 cm³/mol. The summed E-state index contributed by atoms with van der Waals surface area (Å²) in [6.45, 7) is 0. The molecule has 1 atom stereocenters. The third-order valence-electron chi connectivity index (χ3n) is 4.04. The van der Waals surface area contributed by atoms with E-state index in [4.69, 9.17) is 0 Å². The maximum absolute atomic E-state index is 14.3. The first-order valence-electron chi connectivity index (χ1n) is 7.74. The fourth-order valence-corrected chi connectivity index (χ4v) is 2.79. The highest BCUT2D eigenvalue weighted by Crippen LogP contribution is 2.28. The van der Waals surface area contributed by atoms with E-state index in [-0.39, 0.29) is 23.6 Å². The van der Waals surface area contributed by atoms with E-state index in [2.05, 4.69) is 0 Å². The van der Waals surface area contributed by atoms with Crippen molar-refractivity contribution >= 4 is 5.78 Å². The van der Waals surface area contributed by atoms with Crippen molar-refractivity contribution in [3.05, 3.63) is 107 Å². The van der Waals surface area contributed by atoms with Gasteiger partial charge in [0, 0.05) is 5.56 Å². The number of hydrogen-bond donors (Lipinski definition) is 0. The van der Waals surface area contributed by atoms with Crippen molar-refractivity contribution < 1.29 is 13.6 Å². The van der Waals surface area contributed by atoms with E-state index >= 15 is 0 Å². The summed E-state index contributed by atoms with van der Waals surface area (Å²) in [7, 11) is 0. The minimum atomic E-state index is -0.773. The Balaban J connectivity index is 2.03. The standard InChI is InChI=1S/C21H16F2O/c22-19-12-6-4-10-16(19)14-18(17-11-5-7-13-20(17)23)21(24)15-8-2-1-3-9-15/h1-13,18H,14H2. The van der Waals surface area contributed by atoms with Gasteiger partial charge in [0.05, 0.1) is 5.92 Å². The van der Waals surface area contributed by atoms with E-state index in [1.165, 1.54) is 12.1 Å². The molecule has 1 unspecified atom stereocenters. The molecule has 0 aliphatic heterocycles. The first-order chi connectivity index (χ1) is 11.7. The van der Waals surface area contributed by atoms with Crippen LogP contribution in [0.25, 0.3) is 0 Å². The number of Topliss-reactive ketones (excluding diaryl/α,β-unsaturated/α-hetero) is 1. The van der Waals surface area contributed by atoms with Crippen LogP contribution in [-0.4, -0.2) is 5.78 Å². The van der Waals surface area contributed by atoms with Crippen molar-refractivity contribution in [3.63, 3.8) is 0 Å². The number of benzene rings is 3. The normalized spacial score (nSPS) is 11.9. The molecule has 0 radical (unpaired) electrons. The Morgan fingerprint density at radius 1 is 0.750 bits per heavy atom. The minimum Gasteiger partial charge on any atom is -0.293 e. The van der Waals surface area contributed by atoms with Crippen LogP contribution in [0.15, 0.2) is 78.9 Å². The van der Waals surface area contributed by atoms with Crippen LogP contribution in [0.2, 0.25) is 0 Å². The van der Waals surface area contributed by atoms with E-state index in [0.717, 1.165) is 0 Å². The Morgan fingerprint density at radius 3 is 2.00 bits per heavy atom. The average Bonchev–Trinajstić information content (AvgIpc) is 2.62. The van der Waals surface area contributed by atoms with Crippen molar-refractivity contribution in [2.24, 2.45) is 0 Å². The van der Waals surface area contributed by atoms with Crippen LogP contribution < -0.4 is 0 Å². The van der Waals surface area contributed by atoms with Crippen LogP contribution in [0, 0.1) is 11.6 Å². The van der Waals surface area contributed by atoms with Crippen LogP contribution in [0.5, 0.6) is 0 Å². The highest BCUT2D eigenvalue weighted by Gasteiger charge is 2.25. The largest absolute Gasteiger partial charge is 0.293 e. The van der Waals surface area contributed by atoms with Gasteiger partial charge in [0.25, 0.3) is 0 Å². The number of ketones is 1. The Bertz CT molecular complexity index is 843. The number of hydrogen-bond acceptors (Lipinski definition) is 1. The fourth-order valence-electron chi connectivity index (χ4n) is 2.79. The summed E-state index contributed by atoms with van der Waals surface area (Å²) >= 11 is 0. The molecular weight excluding hydrogens is 306 g/mol. The van der Waals surface area contributed by atoms with E-state index in [0.29, 0.717) is 11.1 Å². The van der Waals surface area contributed by atoms with Crippen LogP contribution in [-0.2, 0) is 6.42 Å². The zero-order valence-electron chi connectivity index (χ0n) is 13.0. The maximum atomic E-state index is 14.3. The molecule has 0 fully saturated rings.